The lowest BCUT2D eigenvalue weighted by Gasteiger charge is -2.21. The maximum absolute atomic E-state index is 12.5. The first-order chi connectivity index (χ1) is 9.49. The highest BCUT2D eigenvalue weighted by Crippen LogP contribution is 2.26. The first kappa shape index (κ1) is 14.8. The van der Waals surface area contributed by atoms with Gasteiger partial charge in [0.25, 0.3) is 5.91 Å². The molecule has 0 bridgehead atoms. The summed E-state index contributed by atoms with van der Waals surface area (Å²) in [6.45, 7) is 8.29. The molecule has 2 nitrogen and oxygen atoms in total. The van der Waals surface area contributed by atoms with Crippen molar-refractivity contribution in [3.05, 3.63) is 57.3 Å². The third kappa shape index (κ3) is 3.28. The van der Waals surface area contributed by atoms with E-state index in [0.29, 0.717) is 5.92 Å². The summed E-state index contributed by atoms with van der Waals surface area (Å²) in [7, 11) is 0. The van der Waals surface area contributed by atoms with Crippen molar-refractivity contribution in [2.24, 2.45) is 5.92 Å². The molecule has 0 aliphatic carbocycles. The molecule has 106 valence electrons. The zero-order valence-electron chi connectivity index (χ0n) is 12.4. The number of carbonyl (C=O) groups excluding carboxylic acids is 1. The molecule has 1 atom stereocenters. The second-order valence-electron chi connectivity index (χ2n) is 5.53. The summed E-state index contributed by atoms with van der Waals surface area (Å²) >= 11 is 1.69. The molecule has 1 amide bonds. The molecular weight excluding hydrogens is 266 g/mol. The molecule has 3 heteroatoms. The van der Waals surface area contributed by atoms with Crippen LogP contribution in [-0.2, 0) is 0 Å². The van der Waals surface area contributed by atoms with Gasteiger partial charge in [0, 0.05) is 10.4 Å². The Morgan fingerprint density at radius 1 is 1.20 bits per heavy atom. The molecule has 20 heavy (non-hydrogen) atoms. The lowest BCUT2D eigenvalue weighted by molar-refractivity contribution is 0.0926. The lowest BCUT2D eigenvalue weighted by Crippen LogP contribution is -2.31. The van der Waals surface area contributed by atoms with Crippen LogP contribution in [0.15, 0.2) is 35.7 Å². The molecular formula is C17H21NOS. The predicted octanol–water partition coefficient (Wildman–Crippen LogP) is 4.49. The Labute approximate surface area is 124 Å². The number of hydrogen-bond donors (Lipinski definition) is 1. The summed E-state index contributed by atoms with van der Waals surface area (Å²) in [6, 6.07) is 10.1. The number of nitrogens with one attached hydrogen (secondary N) is 1. The van der Waals surface area contributed by atoms with Crippen molar-refractivity contribution in [2.75, 3.05) is 0 Å². The van der Waals surface area contributed by atoms with Gasteiger partial charge in [-0.2, -0.15) is 0 Å². The highest BCUT2D eigenvalue weighted by molar-refractivity contribution is 7.10. The van der Waals surface area contributed by atoms with Gasteiger partial charge in [-0.1, -0.05) is 37.6 Å². The lowest BCUT2D eigenvalue weighted by atomic mass is 10.0. The van der Waals surface area contributed by atoms with Gasteiger partial charge in [0.15, 0.2) is 0 Å². The van der Waals surface area contributed by atoms with Crippen LogP contribution >= 0.6 is 11.3 Å². The minimum atomic E-state index is 0.00889. The Hall–Kier alpha value is -1.61. The molecule has 0 radical (unpaired) electrons. The predicted molar refractivity (Wildman–Crippen MR) is 85.3 cm³/mol. The number of rotatable bonds is 4. The van der Waals surface area contributed by atoms with Gasteiger partial charge in [-0.25, -0.2) is 0 Å². The highest BCUT2D eigenvalue weighted by atomic mass is 32.1. The smallest absolute Gasteiger partial charge is 0.252 e. The summed E-state index contributed by atoms with van der Waals surface area (Å²) < 4.78 is 0. The van der Waals surface area contributed by atoms with Crippen molar-refractivity contribution in [1.82, 2.24) is 5.32 Å². The average Bonchev–Trinajstić information content (AvgIpc) is 2.88. The van der Waals surface area contributed by atoms with Crippen molar-refractivity contribution in [2.45, 2.75) is 33.7 Å². The van der Waals surface area contributed by atoms with Gasteiger partial charge in [0.1, 0.15) is 0 Å². The van der Waals surface area contributed by atoms with Crippen LogP contribution in [0.5, 0.6) is 0 Å². The van der Waals surface area contributed by atoms with E-state index in [2.05, 4.69) is 25.2 Å². The van der Waals surface area contributed by atoms with E-state index in [9.17, 15) is 4.79 Å². The Kier molecular flexibility index (Phi) is 4.61. The molecule has 0 aliphatic rings. The molecule has 2 aromatic rings. The maximum Gasteiger partial charge on any atom is 0.252 e. The number of amides is 1. The summed E-state index contributed by atoms with van der Waals surface area (Å²) in [6.07, 6.45) is 0. The third-order valence-corrected chi connectivity index (χ3v) is 4.38. The van der Waals surface area contributed by atoms with E-state index >= 15 is 0 Å². The van der Waals surface area contributed by atoms with E-state index in [1.54, 1.807) is 11.3 Å². The highest BCUT2D eigenvalue weighted by Gasteiger charge is 2.20. The maximum atomic E-state index is 12.5. The molecule has 1 heterocycles. The fourth-order valence-corrected chi connectivity index (χ4v) is 3.27. The van der Waals surface area contributed by atoms with Gasteiger partial charge in [-0.3, -0.25) is 4.79 Å². The fourth-order valence-electron chi connectivity index (χ4n) is 2.32. The van der Waals surface area contributed by atoms with Crippen molar-refractivity contribution in [3.63, 3.8) is 0 Å². The van der Waals surface area contributed by atoms with Crippen LogP contribution < -0.4 is 5.32 Å². The van der Waals surface area contributed by atoms with Crippen LogP contribution in [0, 0.1) is 19.8 Å². The van der Waals surface area contributed by atoms with Gasteiger partial charge >= 0.3 is 0 Å². The van der Waals surface area contributed by atoms with Gasteiger partial charge in [0.05, 0.1) is 6.04 Å². The molecule has 2 rings (SSSR count). The molecule has 1 N–H and O–H groups in total. The first-order valence-electron chi connectivity index (χ1n) is 6.90. The van der Waals surface area contributed by atoms with Crippen molar-refractivity contribution < 1.29 is 4.79 Å². The topological polar surface area (TPSA) is 29.1 Å². The molecule has 0 spiro atoms. The summed E-state index contributed by atoms with van der Waals surface area (Å²) in [5.41, 5.74) is 2.96. The molecule has 0 saturated heterocycles. The van der Waals surface area contributed by atoms with Crippen LogP contribution in [-0.4, -0.2) is 5.91 Å². The monoisotopic (exact) mass is 287 g/mol. The van der Waals surface area contributed by atoms with Crippen molar-refractivity contribution in [1.29, 1.82) is 0 Å². The summed E-state index contributed by atoms with van der Waals surface area (Å²) in [4.78, 5) is 13.7. The molecule has 0 saturated carbocycles. The SMILES string of the molecule is Cc1ccc(C(=O)N[C@H](c2cccs2)C(C)C)c(C)c1. The van der Waals surface area contributed by atoms with E-state index in [4.69, 9.17) is 0 Å². The normalized spacial score (nSPS) is 12.4. The fraction of sp³-hybridized carbons (Fsp3) is 0.353. The minimum Gasteiger partial charge on any atom is -0.344 e. The molecule has 0 fully saturated rings. The van der Waals surface area contributed by atoms with Gasteiger partial charge in [0.2, 0.25) is 0 Å². The Morgan fingerprint density at radius 3 is 2.50 bits per heavy atom. The van der Waals surface area contributed by atoms with Crippen LogP contribution in [0.2, 0.25) is 0 Å². The van der Waals surface area contributed by atoms with Gasteiger partial charge in [-0.05, 0) is 42.8 Å². The number of aryl methyl sites for hydroxylation is 2. The van der Waals surface area contributed by atoms with E-state index in [1.165, 1.54) is 10.4 Å². The van der Waals surface area contributed by atoms with Crippen LogP contribution in [0.4, 0.5) is 0 Å². The van der Waals surface area contributed by atoms with E-state index < -0.39 is 0 Å². The summed E-state index contributed by atoms with van der Waals surface area (Å²) in [5, 5.41) is 5.22. The second kappa shape index (κ2) is 6.23. The number of thiophene rings is 1. The molecule has 0 aliphatic heterocycles. The van der Waals surface area contributed by atoms with Crippen molar-refractivity contribution >= 4 is 17.2 Å². The van der Waals surface area contributed by atoms with Crippen molar-refractivity contribution in [3.8, 4) is 0 Å². The quantitative estimate of drug-likeness (QED) is 0.882. The van der Waals surface area contributed by atoms with E-state index in [0.717, 1.165) is 11.1 Å². The minimum absolute atomic E-state index is 0.00889. The van der Waals surface area contributed by atoms with E-state index in [1.807, 2.05) is 43.5 Å². The van der Waals surface area contributed by atoms with Crippen LogP contribution in [0.1, 0.15) is 46.3 Å². The molecule has 0 unspecified atom stereocenters. The average molecular weight is 287 g/mol. The Bertz CT molecular complexity index is 587. The largest absolute Gasteiger partial charge is 0.344 e. The Balaban J connectivity index is 2.21. The first-order valence-corrected chi connectivity index (χ1v) is 7.78. The third-order valence-electron chi connectivity index (χ3n) is 3.43. The molecule has 1 aromatic carbocycles. The number of benzene rings is 1. The molecule has 1 aromatic heterocycles. The zero-order valence-corrected chi connectivity index (χ0v) is 13.3. The van der Waals surface area contributed by atoms with Gasteiger partial charge < -0.3 is 5.32 Å². The van der Waals surface area contributed by atoms with Crippen LogP contribution in [0.25, 0.3) is 0 Å². The number of carbonyl (C=O) groups is 1. The number of hydrogen-bond acceptors (Lipinski definition) is 2. The zero-order chi connectivity index (χ0) is 14.7. The standard InChI is InChI=1S/C17H21NOS/c1-11(2)16(15-6-5-9-20-15)18-17(19)14-8-7-12(3)10-13(14)4/h5-11,16H,1-4H3,(H,18,19)/t16-/m0/s1. The van der Waals surface area contributed by atoms with Gasteiger partial charge in [-0.15, -0.1) is 11.3 Å². The summed E-state index contributed by atoms with van der Waals surface area (Å²) in [5.74, 6) is 0.373. The van der Waals surface area contributed by atoms with E-state index in [-0.39, 0.29) is 11.9 Å². The van der Waals surface area contributed by atoms with Crippen LogP contribution in [0.3, 0.4) is 0 Å². The second-order valence-corrected chi connectivity index (χ2v) is 6.51. The Morgan fingerprint density at radius 2 is 1.95 bits per heavy atom.